The molecule has 2 aromatic carbocycles. The molecule has 0 saturated heterocycles. The molecule has 0 spiro atoms. The van der Waals surface area contributed by atoms with Crippen LogP contribution in [0.2, 0.25) is 0 Å². The standard InChI is InChI=1S/C17H18FNO2S/c1-2-17(19-11-13-6-3-4-7-14(13)12-19)22(20,21)16-9-5-8-15(18)10-16/h3-10,17H,2,11-12H2,1H3. The van der Waals surface area contributed by atoms with E-state index in [1.54, 1.807) is 0 Å². The Hall–Kier alpha value is -1.72. The van der Waals surface area contributed by atoms with Gasteiger partial charge in [0.15, 0.2) is 9.84 Å². The van der Waals surface area contributed by atoms with E-state index in [1.807, 2.05) is 36.1 Å². The molecule has 0 saturated carbocycles. The van der Waals surface area contributed by atoms with Gasteiger partial charge in [-0.3, -0.25) is 4.90 Å². The first-order valence-corrected chi connectivity index (χ1v) is 8.87. The van der Waals surface area contributed by atoms with Crippen molar-refractivity contribution in [3.63, 3.8) is 0 Å². The lowest BCUT2D eigenvalue weighted by atomic mass is 10.1. The van der Waals surface area contributed by atoms with Crippen LogP contribution >= 0.6 is 0 Å². The maximum Gasteiger partial charge on any atom is 0.194 e. The van der Waals surface area contributed by atoms with Gasteiger partial charge in [0.05, 0.1) is 4.90 Å². The molecule has 3 rings (SSSR count). The van der Waals surface area contributed by atoms with Crippen molar-refractivity contribution in [3.8, 4) is 0 Å². The maximum absolute atomic E-state index is 13.4. The highest BCUT2D eigenvalue weighted by Crippen LogP contribution is 2.30. The van der Waals surface area contributed by atoms with Crippen LogP contribution in [0, 0.1) is 5.82 Å². The molecule has 0 fully saturated rings. The zero-order valence-corrected chi connectivity index (χ0v) is 13.2. The Labute approximate surface area is 130 Å². The highest BCUT2D eigenvalue weighted by atomic mass is 32.2. The minimum absolute atomic E-state index is 0.0512. The summed E-state index contributed by atoms with van der Waals surface area (Å²) in [6, 6.07) is 13.2. The Morgan fingerprint density at radius 3 is 2.27 bits per heavy atom. The molecule has 1 aliphatic rings. The summed E-state index contributed by atoms with van der Waals surface area (Å²) >= 11 is 0. The van der Waals surface area contributed by atoms with Gasteiger partial charge in [0.1, 0.15) is 11.2 Å². The number of sulfone groups is 1. The van der Waals surface area contributed by atoms with Crippen molar-refractivity contribution in [2.75, 3.05) is 0 Å². The van der Waals surface area contributed by atoms with Crippen molar-refractivity contribution in [3.05, 3.63) is 65.5 Å². The van der Waals surface area contributed by atoms with Gasteiger partial charge in [-0.25, -0.2) is 12.8 Å². The highest BCUT2D eigenvalue weighted by Gasteiger charge is 2.34. The second-order valence-electron chi connectivity index (χ2n) is 5.54. The number of fused-ring (bicyclic) bond motifs is 1. The van der Waals surface area contributed by atoms with Crippen molar-refractivity contribution in [1.82, 2.24) is 4.90 Å². The molecule has 2 aromatic rings. The summed E-state index contributed by atoms with van der Waals surface area (Å²) in [5, 5.41) is -0.637. The van der Waals surface area contributed by atoms with Gasteiger partial charge in [-0.1, -0.05) is 37.3 Å². The fourth-order valence-electron chi connectivity index (χ4n) is 3.04. The van der Waals surface area contributed by atoms with E-state index < -0.39 is 21.0 Å². The normalized spacial score (nSPS) is 16.5. The Balaban J connectivity index is 1.92. The Kier molecular flexibility index (Phi) is 4.02. The third-order valence-corrected chi connectivity index (χ3v) is 6.36. The summed E-state index contributed by atoms with van der Waals surface area (Å²) in [5.41, 5.74) is 2.32. The van der Waals surface area contributed by atoms with E-state index >= 15 is 0 Å². The van der Waals surface area contributed by atoms with Gasteiger partial charge in [-0.2, -0.15) is 0 Å². The van der Waals surface area contributed by atoms with Crippen LogP contribution in [0.25, 0.3) is 0 Å². The second kappa shape index (κ2) is 5.82. The van der Waals surface area contributed by atoms with Gasteiger partial charge in [0.25, 0.3) is 0 Å². The molecule has 116 valence electrons. The minimum atomic E-state index is -3.59. The molecule has 1 atom stereocenters. The molecule has 22 heavy (non-hydrogen) atoms. The zero-order valence-electron chi connectivity index (χ0n) is 12.4. The van der Waals surface area contributed by atoms with Crippen molar-refractivity contribution < 1.29 is 12.8 Å². The van der Waals surface area contributed by atoms with Crippen molar-refractivity contribution in [2.45, 2.75) is 36.7 Å². The number of hydrogen-bond acceptors (Lipinski definition) is 3. The summed E-state index contributed by atoms with van der Waals surface area (Å²) < 4.78 is 39.1. The quantitative estimate of drug-likeness (QED) is 0.867. The summed E-state index contributed by atoms with van der Waals surface area (Å²) in [5.74, 6) is -0.527. The molecule has 5 heteroatoms. The molecule has 1 unspecified atom stereocenters. The molecule has 0 amide bonds. The molecule has 1 aliphatic heterocycles. The predicted molar refractivity (Wildman–Crippen MR) is 83.4 cm³/mol. The average molecular weight is 319 g/mol. The van der Waals surface area contributed by atoms with Crippen LogP contribution in [0.3, 0.4) is 0 Å². The molecule has 0 aromatic heterocycles. The summed E-state index contributed by atoms with van der Waals surface area (Å²) in [7, 11) is -3.59. The van der Waals surface area contributed by atoms with Gasteiger partial charge in [-0.05, 0) is 35.7 Å². The van der Waals surface area contributed by atoms with E-state index in [1.165, 1.54) is 18.2 Å². The van der Waals surface area contributed by atoms with Crippen LogP contribution in [-0.4, -0.2) is 18.7 Å². The number of nitrogens with zero attached hydrogens (tertiary/aromatic N) is 1. The molecular formula is C17H18FNO2S. The van der Waals surface area contributed by atoms with Crippen LogP contribution < -0.4 is 0 Å². The SMILES string of the molecule is CCC(N1Cc2ccccc2C1)S(=O)(=O)c1cccc(F)c1. The Bertz CT molecular complexity index is 764. The van der Waals surface area contributed by atoms with Gasteiger partial charge in [0, 0.05) is 13.1 Å². The smallest absolute Gasteiger partial charge is 0.194 e. The molecule has 0 bridgehead atoms. The number of benzene rings is 2. The van der Waals surface area contributed by atoms with Crippen molar-refractivity contribution >= 4 is 9.84 Å². The first-order chi connectivity index (χ1) is 10.5. The lowest BCUT2D eigenvalue weighted by Crippen LogP contribution is -2.37. The maximum atomic E-state index is 13.4. The van der Waals surface area contributed by atoms with Gasteiger partial charge in [-0.15, -0.1) is 0 Å². The Morgan fingerprint density at radius 2 is 1.73 bits per heavy atom. The number of rotatable bonds is 4. The summed E-state index contributed by atoms with van der Waals surface area (Å²) in [6.45, 7) is 3.08. The van der Waals surface area contributed by atoms with Crippen LogP contribution in [-0.2, 0) is 22.9 Å². The van der Waals surface area contributed by atoms with E-state index in [4.69, 9.17) is 0 Å². The van der Waals surface area contributed by atoms with E-state index in [2.05, 4.69) is 0 Å². The van der Waals surface area contributed by atoms with Crippen molar-refractivity contribution in [2.24, 2.45) is 0 Å². The first kappa shape index (κ1) is 15.2. The average Bonchev–Trinajstić information content (AvgIpc) is 2.91. The lowest BCUT2D eigenvalue weighted by molar-refractivity contribution is 0.249. The fourth-order valence-corrected chi connectivity index (χ4v) is 4.88. The first-order valence-electron chi connectivity index (χ1n) is 7.32. The van der Waals surface area contributed by atoms with Crippen LogP contribution in [0.5, 0.6) is 0 Å². The van der Waals surface area contributed by atoms with Crippen molar-refractivity contribution in [1.29, 1.82) is 0 Å². The third-order valence-electron chi connectivity index (χ3n) is 4.10. The van der Waals surface area contributed by atoms with E-state index in [-0.39, 0.29) is 4.90 Å². The van der Waals surface area contributed by atoms with Crippen LogP contribution in [0.15, 0.2) is 53.4 Å². The van der Waals surface area contributed by atoms with E-state index in [0.29, 0.717) is 19.5 Å². The second-order valence-corrected chi connectivity index (χ2v) is 7.64. The van der Waals surface area contributed by atoms with Gasteiger partial charge >= 0.3 is 0 Å². The number of hydrogen-bond donors (Lipinski definition) is 0. The molecule has 0 radical (unpaired) electrons. The molecule has 0 N–H and O–H groups in total. The zero-order chi connectivity index (χ0) is 15.7. The van der Waals surface area contributed by atoms with Crippen LogP contribution in [0.1, 0.15) is 24.5 Å². The third kappa shape index (κ3) is 2.66. The Morgan fingerprint density at radius 1 is 1.09 bits per heavy atom. The molecule has 1 heterocycles. The summed E-state index contributed by atoms with van der Waals surface area (Å²) in [4.78, 5) is 2.00. The largest absolute Gasteiger partial charge is 0.278 e. The predicted octanol–water partition coefficient (Wildman–Crippen LogP) is 3.35. The molecule has 0 aliphatic carbocycles. The summed E-state index contributed by atoms with van der Waals surface area (Å²) in [6.07, 6.45) is 0.465. The monoisotopic (exact) mass is 319 g/mol. The lowest BCUT2D eigenvalue weighted by Gasteiger charge is -2.26. The van der Waals surface area contributed by atoms with Gasteiger partial charge in [0.2, 0.25) is 0 Å². The van der Waals surface area contributed by atoms with E-state index in [0.717, 1.165) is 17.2 Å². The minimum Gasteiger partial charge on any atom is -0.278 e. The van der Waals surface area contributed by atoms with E-state index in [9.17, 15) is 12.8 Å². The molecular weight excluding hydrogens is 301 g/mol. The van der Waals surface area contributed by atoms with Gasteiger partial charge < -0.3 is 0 Å². The van der Waals surface area contributed by atoms with Crippen LogP contribution in [0.4, 0.5) is 4.39 Å². The topological polar surface area (TPSA) is 37.4 Å². The number of halogens is 1. The molecule has 3 nitrogen and oxygen atoms in total. The fraction of sp³-hybridized carbons (Fsp3) is 0.294. The highest BCUT2D eigenvalue weighted by molar-refractivity contribution is 7.92.